The first-order valence-corrected chi connectivity index (χ1v) is 8.00. The Morgan fingerprint density at radius 2 is 2.09 bits per heavy atom. The molecule has 5 heteroatoms. The van der Waals surface area contributed by atoms with Crippen LogP contribution in [0.1, 0.15) is 38.2 Å². The zero-order valence-corrected chi connectivity index (χ0v) is 15.9. The van der Waals surface area contributed by atoms with Gasteiger partial charge in [-0.3, -0.25) is 4.99 Å². The normalized spacial score (nSPS) is 19.7. The summed E-state index contributed by atoms with van der Waals surface area (Å²) >= 11 is 0. The number of halogens is 1. The van der Waals surface area contributed by atoms with Gasteiger partial charge in [-0.25, -0.2) is 0 Å². The Morgan fingerprint density at radius 3 is 2.64 bits per heavy atom. The number of β-amino-alcohol motifs (C(OH)–C–C–N with tert-alkyl or cyclic N) is 1. The van der Waals surface area contributed by atoms with Crippen molar-refractivity contribution in [3.63, 3.8) is 0 Å². The summed E-state index contributed by atoms with van der Waals surface area (Å²) in [5, 5.41) is 13.0. The molecule has 1 aliphatic rings. The van der Waals surface area contributed by atoms with Crippen LogP contribution in [0.15, 0.2) is 35.3 Å². The van der Waals surface area contributed by atoms with Crippen molar-refractivity contribution in [1.29, 1.82) is 0 Å². The standard InChI is InChI=1S/C17H27N3O.HI/c1-3-14(15-8-6-5-7-9-15)12-19-17(18-4-2)20-11-10-16(21)13-20;/h5-9,14,16,21H,3-4,10-13H2,1-2H3,(H,18,19);1H/t14?,16-;/m1./s1. The minimum absolute atomic E-state index is 0. The zero-order valence-electron chi connectivity index (χ0n) is 13.5. The summed E-state index contributed by atoms with van der Waals surface area (Å²) in [5.74, 6) is 1.39. The van der Waals surface area contributed by atoms with Crippen molar-refractivity contribution in [2.45, 2.75) is 38.7 Å². The highest BCUT2D eigenvalue weighted by Gasteiger charge is 2.23. The highest BCUT2D eigenvalue weighted by Crippen LogP contribution is 2.19. The molecule has 0 aliphatic carbocycles. The lowest BCUT2D eigenvalue weighted by Crippen LogP contribution is -2.40. The van der Waals surface area contributed by atoms with Gasteiger partial charge in [0.1, 0.15) is 0 Å². The van der Waals surface area contributed by atoms with Gasteiger partial charge in [-0.15, -0.1) is 24.0 Å². The molecule has 1 heterocycles. The molecule has 1 fully saturated rings. The van der Waals surface area contributed by atoms with Crippen LogP contribution in [0.25, 0.3) is 0 Å². The van der Waals surface area contributed by atoms with E-state index in [9.17, 15) is 5.11 Å². The first-order chi connectivity index (χ1) is 10.2. The molecular weight excluding hydrogens is 389 g/mol. The van der Waals surface area contributed by atoms with Crippen molar-refractivity contribution >= 4 is 29.9 Å². The third-order valence-corrected chi connectivity index (χ3v) is 4.02. The smallest absolute Gasteiger partial charge is 0.194 e. The van der Waals surface area contributed by atoms with Crippen LogP contribution < -0.4 is 5.32 Å². The van der Waals surface area contributed by atoms with E-state index in [1.165, 1.54) is 5.56 Å². The number of aliphatic hydroxyl groups excluding tert-OH is 1. The van der Waals surface area contributed by atoms with Gasteiger partial charge in [-0.1, -0.05) is 37.3 Å². The van der Waals surface area contributed by atoms with Gasteiger partial charge in [0.2, 0.25) is 0 Å². The van der Waals surface area contributed by atoms with Crippen LogP contribution in [0.3, 0.4) is 0 Å². The molecule has 22 heavy (non-hydrogen) atoms. The van der Waals surface area contributed by atoms with E-state index < -0.39 is 0 Å². The lowest BCUT2D eigenvalue weighted by molar-refractivity contribution is 0.188. The third kappa shape index (κ3) is 5.43. The Kier molecular flexibility index (Phi) is 8.78. The van der Waals surface area contributed by atoms with Crippen molar-refractivity contribution < 1.29 is 5.11 Å². The Bertz CT molecular complexity index is 452. The SMILES string of the molecule is CCNC(=NCC(CC)c1ccccc1)N1CC[C@@H](O)C1.I. The molecule has 0 bridgehead atoms. The lowest BCUT2D eigenvalue weighted by atomic mass is 9.97. The van der Waals surface area contributed by atoms with E-state index in [2.05, 4.69) is 54.4 Å². The minimum Gasteiger partial charge on any atom is -0.391 e. The van der Waals surface area contributed by atoms with Gasteiger partial charge in [0.25, 0.3) is 0 Å². The van der Waals surface area contributed by atoms with E-state index >= 15 is 0 Å². The van der Waals surface area contributed by atoms with E-state index in [-0.39, 0.29) is 30.1 Å². The largest absolute Gasteiger partial charge is 0.391 e. The van der Waals surface area contributed by atoms with Gasteiger partial charge in [-0.2, -0.15) is 0 Å². The maximum Gasteiger partial charge on any atom is 0.194 e. The predicted octanol–water partition coefficient (Wildman–Crippen LogP) is 2.83. The van der Waals surface area contributed by atoms with Gasteiger partial charge >= 0.3 is 0 Å². The molecule has 4 nitrogen and oxygen atoms in total. The number of nitrogens with one attached hydrogen (secondary N) is 1. The average molecular weight is 417 g/mol. The second-order valence-corrected chi connectivity index (χ2v) is 5.60. The van der Waals surface area contributed by atoms with Crippen LogP contribution in [0.5, 0.6) is 0 Å². The van der Waals surface area contributed by atoms with Crippen LogP contribution in [0, 0.1) is 0 Å². The van der Waals surface area contributed by atoms with Gasteiger partial charge < -0.3 is 15.3 Å². The first kappa shape index (κ1) is 19.2. The molecular formula is C17H28IN3O. The summed E-state index contributed by atoms with van der Waals surface area (Å²) < 4.78 is 0. The average Bonchev–Trinajstić information content (AvgIpc) is 2.94. The van der Waals surface area contributed by atoms with Crippen LogP contribution in [0.4, 0.5) is 0 Å². The van der Waals surface area contributed by atoms with E-state index in [0.29, 0.717) is 12.5 Å². The fourth-order valence-electron chi connectivity index (χ4n) is 2.75. The van der Waals surface area contributed by atoms with Crippen LogP contribution in [-0.2, 0) is 0 Å². The molecule has 2 rings (SSSR count). The third-order valence-electron chi connectivity index (χ3n) is 4.02. The van der Waals surface area contributed by atoms with Gasteiger partial charge in [0.15, 0.2) is 5.96 Å². The van der Waals surface area contributed by atoms with E-state index in [0.717, 1.165) is 38.4 Å². The van der Waals surface area contributed by atoms with Crippen LogP contribution in [-0.4, -0.2) is 48.2 Å². The summed E-state index contributed by atoms with van der Waals surface area (Å²) in [5.41, 5.74) is 1.35. The number of benzene rings is 1. The number of hydrogen-bond acceptors (Lipinski definition) is 2. The molecule has 0 spiro atoms. The predicted molar refractivity (Wildman–Crippen MR) is 103 cm³/mol. The number of nitrogens with zero attached hydrogens (tertiary/aromatic N) is 2. The second kappa shape index (κ2) is 10.0. The molecule has 1 aliphatic heterocycles. The van der Waals surface area contributed by atoms with E-state index in [4.69, 9.17) is 4.99 Å². The summed E-state index contributed by atoms with van der Waals surface area (Å²) in [6.45, 7) is 7.50. The van der Waals surface area contributed by atoms with Gasteiger partial charge in [0.05, 0.1) is 6.10 Å². The summed E-state index contributed by atoms with van der Waals surface area (Å²) in [6, 6.07) is 10.6. The fraction of sp³-hybridized carbons (Fsp3) is 0.588. The topological polar surface area (TPSA) is 47.9 Å². The highest BCUT2D eigenvalue weighted by molar-refractivity contribution is 14.0. The molecule has 0 radical (unpaired) electrons. The van der Waals surface area contributed by atoms with Crippen LogP contribution in [0.2, 0.25) is 0 Å². The fourth-order valence-corrected chi connectivity index (χ4v) is 2.75. The van der Waals surface area contributed by atoms with Crippen molar-refractivity contribution in [2.24, 2.45) is 4.99 Å². The molecule has 1 unspecified atom stereocenters. The first-order valence-electron chi connectivity index (χ1n) is 8.00. The maximum absolute atomic E-state index is 9.69. The van der Waals surface area contributed by atoms with Crippen molar-refractivity contribution in [3.05, 3.63) is 35.9 Å². The Morgan fingerprint density at radius 1 is 1.36 bits per heavy atom. The molecule has 124 valence electrons. The summed E-state index contributed by atoms with van der Waals surface area (Å²) in [6.07, 6.45) is 1.69. The van der Waals surface area contributed by atoms with E-state index in [1.54, 1.807) is 0 Å². The van der Waals surface area contributed by atoms with E-state index in [1.807, 2.05) is 0 Å². The van der Waals surface area contributed by atoms with Gasteiger partial charge in [-0.05, 0) is 25.3 Å². The lowest BCUT2D eigenvalue weighted by Gasteiger charge is -2.22. The Balaban J connectivity index is 0.00000242. The molecule has 0 amide bonds. The molecule has 2 N–H and O–H groups in total. The molecule has 1 aromatic carbocycles. The maximum atomic E-state index is 9.69. The second-order valence-electron chi connectivity index (χ2n) is 5.60. The quantitative estimate of drug-likeness (QED) is 0.440. The number of rotatable bonds is 5. The summed E-state index contributed by atoms with van der Waals surface area (Å²) in [7, 11) is 0. The number of guanidine groups is 1. The monoisotopic (exact) mass is 417 g/mol. The Labute approximate surface area is 151 Å². The molecule has 1 saturated heterocycles. The molecule has 2 atom stereocenters. The summed E-state index contributed by atoms with van der Waals surface area (Å²) in [4.78, 5) is 6.96. The zero-order chi connectivity index (χ0) is 15.1. The Hall–Kier alpha value is -0.820. The van der Waals surface area contributed by atoms with Crippen molar-refractivity contribution in [3.8, 4) is 0 Å². The van der Waals surface area contributed by atoms with Gasteiger partial charge in [0, 0.05) is 32.1 Å². The van der Waals surface area contributed by atoms with Crippen molar-refractivity contribution in [1.82, 2.24) is 10.2 Å². The number of likely N-dealkylation sites (tertiary alicyclic amines) is 1. The number of aliphatic hydroxyl groups is 1. The highest BCUT2D eigenvalue weighted by atomic mass is 127. The van der Waals surface area contributed by atoms with Crippen molar-refractivity contribution in [2.75, 3.05) is 26.2 Å². The number of aliphatic imine (C=N–C) groups is 1. The molecule has 1 aromatic rings. The van der Waals surface area contributed by atoms with Crippen LogP contribution >= 0.6 is 24.0 Å². The number of hydrogen-bond donors (Lipinski definition) is 2. The molecule has 0 aromatic heterocycles. The molecule has 0 saturated carbocycles. The minimum atomic E-state index is -0.218.